The van der Waals surface area contributed by atoms with Gasteiger partial charge in [-0.2, -0.15) is 11.8 Å². The molecule has 0 amide bonds. The van der Waals surface area contributed by atoms with E-state index in [1.165, 1.54) is 31.4 Å². The van der Waals surface area contributed by atoms with E-state index in [1.54, 1.807) is 0 Å². The summed E-state index contributed by atoms with van der Waals surface area (Å²) in [6, 6.07) is 0. The molecule has 0 aromatic rings. The molecule has 0 heterocycles. The molecule has 0 spiro atoms. The highest BCUT2D eigenvalue weighted by Crippen LogP contribution is 2.28. The van der Waals surface area contributed by atoms with Crippen molar-refractivity contribution in [3.63, 3.8) is 0 Å². The molecule has 0 atom stereocenters. The Bertz CT molecular complexity index is 257. The maximum Gasteiger partial charge on any atom is 0.193 e. The van der Waals surface area contributed by atoms with Gasteiger partial charge >= 0.3 is 0 Å². The summed E-state index contributed by atoms with van der Waals surface area (Å²) in [6.45, 7) is 3.63. The van der Waals surface area contributed by atoms with Crippen molar-refractivity contribution in [3.05, 3.63) is 0 Å². The van der Waals surface area contributed by atoms with E-state index >= 15 is 0 Å². The molecule has 1 rings (SSSR count). The molecule has 1 aliphatic rings. The van der Waals surface area contributed by atoms with Crippen LogP contribution in [0.1, 0.15) is 25.7 Å². The average Bonchev–Trinajstić information content (AvgIpc) is 3.23. The van der Waals surface area contributed by atoms with Crippen LogP contribution in [0.3, 0.4) is 0 Å². The third kappa shape index (κ3) is 8.37. The molecular weight excluding hydrogens is 258 g/mol. The van der Waals surface area contributed by atoms with Gasteiger partial charge in [-0.05, 0) is 43.6 Å². The zero-order valence-corrected chi connectivity index (χ0v) is 13.5. The molecule has 0 aromatic heterocycles. The van der Waals surface area contributed by atoms with Crippen molar-refractivity contribution in [1.29, 1.82) is 0 Å². The van der Waals surface area contributed by atoms with Gasteiger partial charge in [0.2, 0.25) is 0 Å². The minimum absolute atomic E-state index is 0.792. The summed E-state index contributed by atoms with van der Waals surface area (Å²) in [4.78, 5) is 6.44. The molecule has 0 unspecified atom stereocenters. The fourth-order valence-corrected chi connectivity index (χ4v) is 2.29. The zero-order chi connectivity index (χ0) is 13.9. The molecule has 0 saturated heterocycles. The second-order valence-corrected chi connectivity index (χ2v) is 6.10. The average molecular weight is 287 g/mol. The second kappa shape index (κ2) is 10.4. The number of likely N-dealkylation sites (N-methyl/N-ethyl adjacent to an activating group) is 1. The van der Waals surface area contributed by atoms with E-state index in [4.69, 9.17) is 4.74 Å². The summed E-state index contributed by atoms with van der Waals surface area (Å²) in [5.41, 5.74) is 0. The van der Waals surface area contributed by atoms with E-state index in [0.717, 1.165) is 38.2 Å². The highest BCUT2D eigenvalue weighted by molar-refractivity contribution is 7.98. The van der Waals surface area contributed by atoms with Gasteiger partial charge in [-0.25, -0.2) is 0 Å². The number of hydrogen-bond donors (Lipinski definition) is 1. The molecule has 0 radical (unpaired) electrons. The Kier molecular flexibility index (Phi) is 9.08. The summed E-state index contributed by atoms with van der Waals surface area (Å²) in [6.07, 6.45) is 7.33. The third-order valence-corrected chi connectivity index (χ3v) is 3.95. The van der Waals surface area contributed by atoms with E-state index < -0.39 is 0 Å². The molecule has 5 heteroatoms. The van der Waals surface area contributed by atoms with E-state index in [2.05, 4.69) is 28.5 Å². The molecule has 19 heavy (non-hydrogen) atoms. The highest BCUT2D eigenvalue weighted by atomic mass is 32.2. The standard InChI is InChI=1S/C14H29N3OS/c1-15-14(16-8-4-5-11-19-3)17(2)9-10-18-12-13-6-7-13/h13H,4-12H2,1-3H3,(H,15,16). The lowest BCUT2D eigenvalue weighted by atomic mass is 10.3. The Balaban J connectivity index is 2.03. The van der Waals surface area contributed by atoms with Crippen molar-refractivity contribution in [2.75, 3.05) is 52.4 Å². The molecule has 112 valence electrons. The lowest BCUT2D eigenvalue weighted by Crippen LogP contribution is -2.41. The van der Waals surface area contributed by atoms with Crippen LogP contribution in [-0.2, 0) is 4.74 Å². The van der Waals surface area contributed by atoms with Crippen LogP contribution in [0.15, 0.2) is 4.99 Å². The van der Waals surface area contributed by atoms with Gasteiger partial charge in [0, 0.05) is 33.8 Å². The number of unbranched alkanes of at least 4 members (excludes halogenated alkanes) is 1. The number of thioether (sulfide) groups is 1. The molecule has 1 saturated carbocycles. The number of nitrogens with zero attached hydrogens (tertiary/aromatic N) is 2. The van der Waals surface area contributed by atoms with Gasteiger partial charge < -0.3 is 15.0 Å². The monoisotopic (exact) mass is 287 g/mol. The van der Waals surface area contributed by atoms with Crippen LogP contribution in [0.5, 0.6) is 0 Å². The number of rotatable bonds is 10. The molecule has 0 aromatic carbocycles. The van der Waals surface area contributed by atoms with Gasteiger partial charge in [-0.1, -0.05) is 0 Å². The lowest BCUT2D eigenvalue weighted by molar-refractivity contribution is 0.115. The van der Waals surface area contributed by atoms with E-state index in [9.17, 15) is 0 Å². The number of nitrogens with one attached hydrogen (secondary N) is 1. The van der Waals surface area contributed by atoms with E-state index in [-0.39, 0.29) is 0 Å². The van der Waals surface area contributed by atoms with Gasteiger partial charge in [-0.3, -0.25) is 4.99 Å². The summed E-state index contributed by atoms with van der Waals surface area (Å²) >= 11 is 1.91. The summed E-state index contributed by atoms with van der Waals surface area (Å²) in [5, 5.41) is 3.40. The second-order valence-electron chi connectivity index (χ2n) is 5.11. The van der Waals surface area contributed by atoms with Crippen molar-refractivity contribution in [2.45, 2.75) is 25.7 Å². The summed E-state index contributed by atoms with van der Waals surface area (Å²) < 4.78 is 5.65. The Morgan fingerprint density at radius 3 is 2.84 bits per heavy atom. The van der Waals surface area contributed by atoms with Crippen molar-refractivity contribution in [3.8, 4) is 0 Å². The van der Waals surface area contributed by atoms with Gasteiger partial charge in [0.05, 0.1) is 6.61 Å². The molecule has 1 aliphatic carbocycles. The predicted octanol–water partition coefficient (Wildman–Crippen LogP) is 2.06. The van der Waals surface area contributed by atoms with Crippen molar-refractivity contribution in [2.24, 2.45) is 10.9 Å². The van der Waals surface area contributed by atoms with Gasteiger partial charge in [0.15, 0.2) is 5.96 Å². The third-order valence-electron chi connectivity index (χ3n) is 3.25. The van der Waals surface area contributed by atoms with Crippen LogP contribution in [0.2, 0.25) is 0 Å². The largest absolute Gasteiger partial charge is 0.379 e. The van der Waals surface area contributed by atoms with Gasteiger partial charge in [0.25, 0.3) is 0 Å². The SMILES string of the molecule is CN=C(NCCCCSC)N(C)CCOCC1CC1. The molecule has 4 nitrogen and oxygen atoms in total. The van der Waals surface area contributed by atoms with Crippen LogP contribution in [0.4, 0.5) is 0 Å². The van der Waals surface area contributed by atoms with Crippen LogP contribution < -0.4 is 5.32 Å². The fourth-order valence-electron chi connectivity index (χ4n) is 1.80. The molecule has 0 bridgehead atoms. The molecule has 0 aliphatic heterocycles. The van der Waals surface area contributed by atoms with Crippen molar-refractivity contribution < 1.29 is 4.74 Å². The first-order valence-electron chi connectivity index (χ1n) is 7.26. The minimum Gasteiger partial charge on any atom is -0.379 e. The molecule has 1 N–H and O–H groups in total. The first kappa shape index (κ1) is 16.6. The Labute approximate surface area is 122 Å². The van der Waals surface area contributed by atoms with Crippen molar-refractivity contribution >= 4 is 17.7 Å². The quantitative estimate of drug-likeness (QED) is 0.379. The number of aliphatic imine (C=N–C) groups is 1. The number of hydrogen-bond acceptors (Lipinski definition) is 3. The molecular formula is C14H29N3OS. The Morgan fingerprint density at radius 2 is 2.21 bits per heavy atom. The molecule has 1 fully saturated rings. The first-order chi connectivity index (χ1) is 9.27. The number of guanidine groups is 1. The predicted molar refractivity (Wildman–Crippen MR) is 85.2 cm³/mol. The topological polar surface area (TPSA) is 36.9 Å². The van der Waals surface area contributed by atoms with Crippen LogP contribution in [0, 0.1) is 5.92 Å². The van der Waals surface area contributed by atoms with Crippen LogP contribution in [0.25, 0.3) is 0 Å². The van der Waals surface area contributed by atoms with Crippen molar-refractivity contribution in [1.82, 2.24) is 10.2 Å². The highest BCUT2D eigenvalue weighted by Gasteiger charge is 2.21. The van der Waals surface area contributed by atoms with Gasteiger partial charge in [-0.15, -0.1) is 0 Å². The Morgan fingerprint density at radius 1 is 1.42 bits per heavy atom. The number of ether oxygens (including phenoxy) is 1. The minimum atomic E-state index is 0.792. The summed E-state index contributed by atoms with van der Waals surface area (Å²) in [5.74, 6) is 3.06. The fraction of sp³-hybridized carbons (Fsp3) is 0.929. The van der Waals surface area contributed by atoms with Crippen LogP contribution >= 0.6 is 11.8 Å². The zero-order valence-electron chi connectivity index (χ0n) is 12.7. The van der Waals surface area contributed by atoms with Crippen LogP contribution in [-0.4, -0.2) is 63.3 Å². The van der Waals surface area contributed by atoms with E-state index in [1.807, 2.05) is 18.8 Å². The smallest absolute Gasteiger partial charge is 0.193 e. The summed E-state index contributed by atoms with van der Waals surface area (Å²) in [7, 11) is 3.91. The normalized spacial score (nSPS) is 15.6. The maximum absolute atomic E-state index is 5.65. The Hall–Kier alpha value is -0.420. The van der Waals surface area contributed by atoms with Gasteiger partial charge in [0.1, 0.15) is 0 Å². The maximum atomic E-state index is 5.65. The van der Waals surface area contributed by atoms with E-state index in [0.29, 0.717) is 0 Å². The first-order valence-corrected chi connectivity index (χ1v) is 8.65. The lowest BCUT2D eigenvalue weighted by Gasteiger charge is -2.22.